The van der Waals surface area contributed by atoms with E-state index in [-0.39, 0.29) is 18.5 Å². The van der Waals surface area contributed by atoms with Gasteiger partial charge in [-0.3, -0.25) is 9.89 Å². The maximum atomic E-state index is 12.2. The summed E-state index contributed by atoms with van der Waals surface area (Å²) in [5, 5.41) is 24.0. The van der Waals surface area contributed by atoms with Crippen LogP contribution in [0.2, 0.25) is 0 Å². The first-order valence-electron chi connectivity index (χ1n) is 10.5. The monoisotopic (exact) mass is 419 g/mol. The Hall–Kier alpha value is -2.12. The van der Waals surface area contributed by atoms with Crippen LogP contribution < -0.4 is 5.32 Å². The van der Waals surface area contributed by atoms with Crippen LogP contribution in [-0.4, -0.2) is 70.0 Å². The van der Waals surface area contributed by atoms with Gasteiger partial charge in [-0.1, -0.05) is 30.3 Å². The van der Waals surface area contributed by atoms with Crippen LogP contribution in [0.25, 0.3) is 0 Å². The fourth-order valence-corrected chi connectivity index (χ4v) is 3.92. The van der Waals surface area contributed by atoms with E-state index < -0.39 is 29.4 Å². The molecule has 2 rings (SSSR count). The highest BCUT2D eigenvalue weighted by Crippen LogP contribution is 2.33. The van der Waals surface area contributed by atoms with Crippen LogP contribution in [0.3, 0.4) is 0 Å². The van der Waals surface area contributed by atoms with E-state index in [2.05, 4.69) is 29.4 Å². The van der Waals surface area contributed by atoms with Crippen molar-refractivity contribution in [1.29, 1.82) is 0 Å². The number of aliphatic imine (C=N–C) groups is 1. The zero-order valence-corrected chi connectivity index (χ0v) is 19.2. The number of hydrogen-bond donors (Lipinski definition) is 3. The third-order valence-electron chi connectivity index (χ3n) is 6.00. The van der Waals surface area contributed by atoms with Crippen LogP contribution in [0.1, 0.15) is 59.4 Å². The Balaban J connectivity index is 2.41. The number of amides is 1. The number of piperidine rings is 1. The van der Waals surface area contributed by atoms with Crippen LogP contribution in [0.5, 0.6) is 0 Å². The second-order valence-corrected chi connectivity index (χ2v) is 9.57. The first kappa shape index (κ1) is 24.2. The van der Waals surface area contributed by atoms with Gasteiger partial charge in [0.05, 0.1) is 18.2 Å². The number of benzene rings is 1. The minimum atomic E-state index is -0.985. The maximum Gasteiger partial charge on any atom is 0.408 e. The SMILES string of the molecule is COC(C)(C)C(O)CN=C1N[C@H](C)[C@H](c2ccccc2)C[C@@H]1N(C(=O)O)C(C)(C)C. The molecular weight excluding hydrogens is 382 g/mol. The van der Waals surface area contributed by atoms with Gasteiger partial charge in [0.15, 0.2) is 0 Å². The maximum absolute atomic E-state index is 12.2. The van der Waals surface area contributed by atoms with Crippen molar-refractivity contribution in [3.8, 4) is 0 Å². The van der Waals surface area contributed by atoms with Crippen molar-refractivity contribution in [3.05, 3.63) is 35.9 Å². The number of aliphatic hydroxyl groups excluding tert-OH is 1. The molecule has 1 heterocycles. The number of nitrogens with zero attached hydrogens (tertiary/aromatic N) is 2. The molecule has 0 spiro atoms. The molecule has 4 atom stereocenters. The largest absolute Gasteiger partial charge is 0.465 e. The van der Waals surface area contributed by atoms with Gasteiger partial charge in [-0.25, -0.2) is 4.79 Å². The molecule has 30 heavy (non-hydrogen) atoms. The summed E-state index contributed by atoms with van der Waals surface area (Å²) in [7, 11) is 1.55. The number of nitrogens with one attached hydrogen (secondary N) is 1. The summed E-state index contributed by atoms with van der Waals surface area (Å²) in [6, 6.07) is 9.77. The number of hydrogen-bond acceptors (Lipinski definition) is 4. The zero-order valence-electron chi connectivity index (χ0n) is 19.2. The summed E-state index contributed by atoms with van der Waals surface area (Å²) >= 11 is 0. The van der Waals surface area contributed by atoms with E-state index >= 15 is 0 Å². The summed E-state index contributed by atoms with van der Waals surface area (Å²) in [6.07, 6.45) is -1.18. The molecule has 0 saturated carbocycles. The average molecular weight is 420 g/mol. The van der Waals surface area contributed by atoms with Crippen LogP contribution in [-0.2, 0) is 4.74 Å². The Morgan fingerprint density at radius 3 is 2.37 bits per heavy atom. The van der Waals surface area contributed by atoms with Crippen molar-refractivity contribution < 1.29 is 19.7 Å². The lowest BCUT2D eigenvalue weighted by Gasteiger charge is -2.46. The van der Waals surface area contributed by atoms with Gasteiger partial charge in [-0.15, -0.1) is 0 Å². The second kappa shape index (κ2) is 9.35. The van der Waals surface area contributed by atoms with E-state index in [4.69, 9.17) is 4.74 Å². The van der Waals surface area contributed by atoms with Crippen molar-refractivity contribution in [2.45, 2.75) is 83.2 Å². The third kappa shape index (κ3) is 5.52. The highest BCUT2D eigenvalue weighted by molar-refractivity contribution is 5.91. The molecule has 1 aromatic rings. The van der Waals surface area contributed by atoms with Crippen LogP contribution in [0.4, 0.5) is 4.79 Å². The minimum absolute atomic E-state index is 0.0746. The van der Waals surface area contributed by atoms with Crippen molar-refractivity contribution in [1.82, 2.24) is 10.2 Å². The lowest BCUT2D eigenvalue weighted by molar-refractivity contribution is -0.0724. The lowest BCUT2D eigenvalue weighted by atomic mass is 9.81. The molecule has 1 amide bonds. The number of aliphatic hydroxyl groups is 1. The Labute approximate surface area is 180 Å². The number of rotatable bonds is 6. The van der Waals surface area contributed by atoms with Gasteiger partial charge in [0.1, 0.15) is 11.9 Å². The van der Waals surface area contributed by atoms with Crippen molar-refractivity contribution in [3.63, 3.8) is 0 Å². The molecule has 1 unspecified atom stereocenters. The summed E-state index contributed by atoms with van der Waals surface area (Å²) in [4.78, 5) is 18.3. The predicted molar refractivity (Wildman–Crippen MR) is 119 cm³/mol. The van der Waals surface area contributed by atoms with Crippen LogP contribution in [0, 0.1) is 0 Å². The zero-order chi connectivity index (χ0) is 22.7. The molecule has 1 aromatic carbocycles. The standard InChI is InChI=1S/C23H37N3O4/c1-15-17(16-11-9-8-10-12-16)13-18(26(21(28)29)22(2,3)4)20(25-15)24-14-19(27)23(5,6)30-7/h8-12,15,17-19,27H,13-14H2,1-7H3,(H,24,25)(H,28,29)/t15-,17-,18+,19?/m1/s1. The molecule has 0 aromatic heterocycles. The van der Waals surface area contributed by atoms with Gasteiger partial charge < -0.3 is 20.3 Å². The summed E-state index contributed by atoms with van der Waals surface area (Å²) in [5.74, 6) is 0.734. The van der Waals surface area contributed by atoms with Gasteiger partial charge in [0, 0.05) is 24.6 Å². The molecule has 7 nitrogen and oxygen atoms in total. The predicted octanol–water partition coefficient (Wildman–Crippen LogP) is 3.48. The molecule has 1 aliphatic rings. The summed E-state index contributed by atoms with van der Waals surface area (Å²) < 4.78 is 5.36. The van der Waals surface area contributed by atoms with Crippen molar-refractivity contribution in [2.75, 3.05) is 13.7 Å². The molecule has 168 valence electrons. The molecule has 3 N–H and O–H groups in total. The Morgan fingerprint density at radius 1 is 1.27 bits per heavy atom. The first-order chi connectivity index (χ1) is 13.9. The fourth-order valence-electron chi connectivity index (χ4n) is 3.92. The quantitative estimate of drug-likeness (QED) is 0.656. The fraction of sp³-hybridized carbons (Fsp3) is 0.652. The first-order valence-corrected chi connectivity index (χ1v) is 10.5. The molecule has 0 radical (unpaired) electrons. The van der Waals surface area contributed by atoms with Gasteiger partial charge in [0.25, 0.3) is 0 Å². The summed E-state index contributed by atoms with van der Waals surface area (Å²) in [5.41, 5.74) is -0.185. The number of ether oxygens (including phenoxy) is 1. The Kier molecular flexibility index (Phi) is 7.53. The van der Waals surface area contributed by atoms with E-state index in [0.29, 0.717) is 12.3 Å². The Bertz CT molecular complexity index is 743. The number of methoxy groups -OCH3 is 1. The number of carboxylic acid groups (broad SMARTS) is 1. The number of carbonyl (C=O) groups is 1. The topological polar surface area (TPSA) is 94.4 Å². The van der Waals surface area contributed by atoms with E-state index in [1.54, 1.807) is 21.0 Å². The second-order valence-electron chi connectivity index (χ2n) is 9.57. The van der Waals surface area contributed by atoms with Gasteiger partial charge in [0.2, 0.25) is 0 Å². The summed E-state index contributed by atoms with van der Waals surface area (Å²) in [6.45, 7) is 11.5. The smallest absolute Gasteiger partial charge is 0.408 e. The molecule has 7 heteroatoms. The molecule has 1 aliphatic heterocycles. The van der Waals surface area contributed by atoms with Crippen molar-refractivity contribution in [2.24, 2.45) is 4.99 Å². The molecular formula is C23H37N3O4. The molecule has 0 aliphatic carbocycles. The lowest BCUT2D eigenvalue weighted by Crippen LogP contribution is -2.62. The third-order valence-corrected chi connectivity index (χ3v) is 6.00. The average Bonchev–Trinajstić information content (AvgIpc) is 2.66. The Morgan fingerprint density at radius 2 is 1.87 bits per heavy atom. The van der Waals surface area contributed by atoms with E-state index in [1.165, 1.54) is 10.5 Å². The highest BCUT2D eigenvalue weighted by Gasteiger charge is 2.42. The number of amidine groups is 1. The van der Waals surface area contributed by atoms with Gasteiger partial charge >= 0.3 is 6.09 Å². The van der Waals surface area contributed by atoms with Gasteiger partial charge in [-0.2, -0.15) is 0 Å². The highest BCUT2D eigenvalue weighted by atomic mass is 16.5. The minimum Gasteiger partial charge on any atom is -0.465 e. The normalized spacial score (nSPS) is 24.9. The van der Waals surface area contributed by atoms with E-state index in [0.717, 1.165) is 0 Å². The van der Waals surface area contributed by atoms with Crippen LogP contribution in [0.15, 0.2) is 35.3 Å². The van der Waals surface area contributed by atoms with Gasteiger partial charge in [-0.05, 0) is 53.5 Å². The molecule has 0 bridgehead atoms. The van der Waals surface area contributed by atoms with E-state index in [9.17, 15) is 15.0 Å². The van der Waals surface area contributed by atoms with E-state index in [1.807, 2.05) is 39.0 Å². The molecule has 1 saturated heterocycles. The van der Waals surface area contributed by atoms with Crippen LogP contribution >= 0.6 is 0 Å². The molecule has 1 fully saturated rings. The van der Waals surface area contributed by atoms with Crippen molar-refractivity contribution >= 4 is 11.9 Å².